The van der Waals surface area contributed by atoms with Crippen LogP contribution in [0.25, 0.3) is 0 Å². The van der Waals surface area contributed by atoms with Crippen LogP contribution in [0.3, 0.4) is 0 Å². The van der Waals surface area contributed by atoms with Gasteiger partial charge in [-0.1, -0.05) is 20.8 Å². The molecule has 64 valence electrons. The van der Waals surface area contributed by atoms with E-state index < -0.39 is 0 Å². The highest BCUT2D eigenvalue weighted by Gasteiger charge is 2.21. The highest BCUT2D eigenvalue weighted by Crippen LogP contribution is 2.28. The first-order valence-electron chi connectivity index (χ1n) is 3.85. The summed E-state index contributed by atoms with van der Waals surface area (Å²) in [7, 11) is 0. The second-order valence-electron chi connectivity index (χ2n) is 2.72. The lowest BCUT2D eigenvalue weighted by Gasteiger charge is -2.27. The second-order valence-corrected chi connectivity index (χ2v) is 2.72. The summed E-state index contributed by atoms with van der Waals surface area (Å²) >= 11 is 0. The zero-order valence-electron chi connectivity index (χ0n) is 7.48. The van der Waals surface area contributed by atoms with Crippen LogP contribution < -0.4 is 6.15 Å². The molecule has 0 aromatic carbocycles. The highest BCUT2D eigenvalue weighted by molar-refractivity contribution is 4.72. The summed E-state index contributed by atoms with van der Waals surface area (Å²) in [6, 6.07) is 0. The fraction of sp³-hybridized carbons (Fsp3) is 1.00. The molecule has 0 saturated heterocycles. The lowest BCUT2D eigenvalue weighted by molar-refractivity contribution is 0.111. The van der Waals surface area contributed by atoms with Gasteiger partial charge in [0.15, 0.2) is 0 Å². The van der Waals surface area contributed by atoms with Crippen LogP contribution in [0.2, 0.25) is 0 Å². The molecule has 0 aromatic rings. The van der Waals surface area contributed by atoms with Gasteiger partial charge in [0.2, 0.25) is 0 Å². The standard InChI is InChI=1S/C8H18O.H3N/c1-4-8(5-2,6-3)7-9;/h9H,4-7H2,1-3H3;1H3. The highest BCUT2D eigenvalue weighted by atomic mass is 16.3. The Labute approximate surface area is 64.2 Å². The summed E-state index contributed by atoms with van der Waals surface area (Å²) in [5.41, 5.74) is 0.222. The molecule has 0 aliphatic heterocycles. The zero-order chi connectivity index (χ0) is 7.33. The molecule has 0 radical (unpaired) electrons. The first kappa shape index (κ1) is 12.6. The summed E-state index contributed by atoms with van der Waals surface area (Å²) in [4.78, 5) is 0. The quantitative estimate of drug-likeness (QED) is 0.641. The van der Waals surface area contributed by atoms with Crippen LogP contribution in [0.5, 0.6) is 0 Å². The molecule has 0 saturated carbocycles. The van der Waals surface area contributed by atoms with Gasteiger partial charge in [-0.2, -0.15) is 0 Å². The van der Waals surface area contributed by atoms with E-state index in [0.29, 0.717) is 6.61 Å². The molecule has 10 heavy (non-hydrogen) atoms. The normalized spacial score (nSPS) is 10.8. The maximum atomic E-state index is 8.98. The number of hydrogen-bond donors (Lipinski definition) is 2. The molecule has 0 aromatic heterocycles. The molecule has 0 unspecified atom stereocenters. The van der Waals surface area contributed by atoms with Crippen LogP contribution in [0, 0.1) is 5.41 Å². The summed E-state index contributed by atoms with van der Waals surface area (Å²) in [6.45, 7) is 6.77. The molecule has 0 aliphatic rings. The SMILES string of the molecule is CCC(CC)(CC)CO.N. The van der Waals surface area contributed by atoms with E-state index in [1.165, 1.54) is 0 Å². The molecule has 0 fully saturated rings. The van der Waals surface area contributed by atoms with Crippen molar-refractivity contribution in [3.8, 4) is 0 Å². The van der Waals surface area contributed by atoms with E-state index >= 15 is 0 Å². The minimum Gasteiger partial charge on any atom is -0.396 e. The van der Waals surface area contributed by atoms with Gasteiger partial charge in [0.1, 0.15) is 0 Å². The average Bonchev–Trinajstić information content (AvgIpc) is 1.95. The van der Waals surface area contributed by atoms with E-state index in [4.69, 9.17) is 5.11 Å². The molecule has 0 heterocycles. The summed E-state index contributed by atoms with van der Waals surface area (Å²) in [5, 5.41) is 8.98. The molecule has 0 amide bonds. The smallest absolute Gasteiger partial charge is 0.0487 e. The van der Waals surface area contributed by atoms with Crippen molar-refractivity contribution >= 4 is 0 Å². The number of hydrogen-bond acceptors (Lipinski definition) is 2. The molecule has 4 N–H and O–H groups in total. The first-order chi connectivity index (χ1) is 4.24. The third kappa shape index (κ3) is 2.67. The topological polar surface area (TPSA) is 55.2 Å². The van der Waals surface area contributed by atoms with E-state index in [-0.39, 0.29) is 11.6 Å². The largest absolute Gasteiger partial charge is 0.396 e. The minimum absolute atomic E-state index is 0. The van der Waals surface area contributed by atoms with Gasteiger partial charge in [-0.3, -0.25) is 0 Å². The van der Waals surface area contributed by atoms with Crippen LogP contribution >= 0.6 is 0 Å². The van der Waals surface area contributed by atoms with Crippen LogP contribution in [0.15, 0.2) is 0 Å². The number of aliphatic hydroxyl groups excluding tert-OH is 1. The van der Waals surface area contributed by atoms with Crippen molar-refractivity contribution in [2.75, 3.05) is 6.61 Å². The Hall–Kier alpha value is -0.0800. The van der Waals surface area contributed by atoms with Gasteiger partial charge >= 0.3 is 0 Å². The van der Waals surface area contributed by atoms with Crippen molar-refractivity contribution in [1.29, 1.82) is 0 Å². The van der Waals surface area contributed by atoms with E-state index in [1.54, 1.807) is 0 Å². The van der Waals surface area contributed by atoms with Gasteiger partial charge < -0.3 is 11.3 Å². The molecule has 0 bridgehead atoms. The predicted molar refractivity (Wildman–Crippen MR) is 45.4 cm³/mol. The Morgan fingerprint density at radius 1 is 1.00 bits per heavy atom. The summed E-state index contributed by atoms with van der Waals surface area (Å²) < 4.78 is 0. The van der Waals surface area contributed by atoms with Gasteiger partial charge in [0.25, 0.3) is 0 Å². The Kier molecular flexibility index (Phi) is 7.15. The maximum Gasteiger partial charge on any atom is 0.0487 e. The van der Waals surface area contributed by atoms with Crippen molar-refractivity contribution in [3.05, 3.63) is 0 Å². The number of rotatable bonds is 4. The van der Waals surface area contributed by atoms with Gasteiger partial charge in [-0.15, -0.1) is 0 Å². The average molecular weight is 147 g/mol. The van der Waals surface area contributed by atoms with Crippen molar-refractivity contribution in [1.82, 2.24) is 6.15 Å². The first-order valence-corrected chi connectivity index (χ1v) is 3.85. The van der Waals surface area contributed by atoms with Crippen LogP contribution in [0.1, 0.15) is 40.0 Å². The van der Waals surface area contributed by atoms with Crippen molar-refractivity contribution in [3.63, 3.8) is 0 Å². The number of aliphatic hydroxyl groups is 1. The van der Waals surface area contributed by atoms with Gasteiger partial charge in [-0.05, 0) is 24.7 Å². The Bertz CT molecular complexity index is 52.1. The van der Waals surface area contributed by atoms with E-state index in [0.717, 1.165) is 19.3 Å². The Balaban J connectivity index is 0. The van der Waals surface area contributed by atoms with E-state index in [9.17, 15) is 0 Å². The fourth-order valence-electron chi connectivity index (χ4n) is 1.09. The Morgan fingerprint density at radius 2 is 1.30 bits per heavy atom. The second kappa shape index (κ2) is 5.69. The van der Waals surface area contributed by atoms with E-state index in [1.807, 2.05) is 0 Å². The third-order valence-electron chi connectivity index (χ3n) is 2.59. The monoisotopic (exact) mass is 147 g/mol. The zero-order valence-corrected chi connectivity index (χ0v) is 7.48. The minimum atomic E-state index is 0. The van der Waals surface area contributed by atoms with E-state index in [2.05, 4.69) is 20.8 Å². The molecule has 0 atom stereocenters. The molecular formula is C8H21NO. The van der Waals surface area contributed by atoms with Crippen molar-refractivity contribution in [2.45, 2.75) is 40.0 Å². The predicted octanol–water partition coefficient (Wildman–Crippen LogP) is 2.36. The molecule has 2 nitrogen and oxygen atoms in total. The van der Waals surface area contributed by atoms with Crippen LogP contribution in [0.4, 0.5) is 0 Å². The van der Waals surface area contributed by atoms with Crippen molar-refractivity contribution in [2.24, 2.45) is 5.41 Å². The molecular weight excluding hydrogens is 126 g/mol. The maximum absolute atomic E-state index is 8.98. The molecule has 2 heteroatoms. The van der Waals surface area contributed by atoms with Crippen molar-refractivity contribution < 1.29 is 5.11 Å². The van der Waals surface area contributed by atoms with Crippen LogP contribution in [-0.2, 0) is 0 Å². The lowest BCUT2D eigenvalue weighted by atomic mass is 9.81. The fourth-order valence-corrected chi connectivity index (χ4v) is 1.09. The van der Waals surface area contributed by atoms with Gasteiger partial charge in [-0.25, -0.2) is 0 Å². The third-order valence-corrected chi connectivity index (χ3v) is 2.59. The summed E-state index contributed by atoms with van der Waals surface area (Å²) in [5.74, 6) is 0. The van der Waals surface area contributed by atoms with Gasteiger partial charge in [0.05, 0.1) is 0 Å². The lowest BCUT2D eigenvalue weighted by Crippen LogP contribution is -2.22. The summed E-state index contributed by atoms with van der Waals surface area (Å²) in [6.07, 6.45) is 3.28. The molecule has 0 spiro atoms. The molecule has 0 aliphatic carbocycles. The molecule has 0 rings (SSSR count). The van der Waals surface area contributed by atoms with Gasteiger partial charge in [0, 0.05) is 6.61 Å². The Morgan fingerprint density at radius 3 is 1.30 bits per heavy atom. The van der Waals surface area contributed by atoms with Crippen LogP contribution in [-0.4, -0.2) is 11.7 Å².